The lowest BCUT2D eigenvalue weighted by atomic mass is 9.93. The molecule has 1 aliphatic carbocycles. The molecule has 1 saturated heterocycles. The van der Waals surface area contributed by atoms with Gasteiger partial charge in [0.05, 0.1) is 0 Å². The molecule has 0 spiro atoms. The van der Waals surface area contributed by atoms with Crippen molar-refractivity contribution >= 4 is 18.0 Å². The van der Waals surface area contributed by atoms with E-state index in [4.69, 9.17) is 9.84 Å². The van der Waals surface area contributed by atoms with E-state index in [0.29, 0.717) is 32.4 Å². The highest BCUT2D eigenvalue weighted by atomic mass is 16.5. The first-order chi connectivity index (χ1) is 17.0. The Morgan fingerprint density at radius 1 is 1.03 bits per heavy atom. The van der Waals surface area contributed by atoms with E-state index in [1.165, 1.54) is 11.1 Å². The van der Waals surface area contributed by atoms with Crippen LogP contribution in [0.4, 0.5) is 4.79 Å². The SMILES string of the molecule is CCCC(CC(=O)N1CCC(CC(=O)O)CC1)NC(=O)OCC1c2ccccc2-c2ccccc21. The molecule has 1 heterocycles. The third kappa shape index (κ3) is 6.02. The van der Waals surface area contributed by atoms with Gasteiger partial charge in [0.2, 0.25) is 5.91 Å². The van der Waals surface area contributed by atoms with E-state index < -0.39 is 12.1 Å². The summed E-state index contributed by atoms with van der Waals surface area (Å²) in [5.74, 6) is -0.672. The van der Waals surface area contributed by atoms with Gasteiger partial charge in [0.15, 0.2) is 0 Å². The lowest BCUT2D eigenvalue weighted by Crippen LogP contribution is -2.44. The van der Waals surface area contributed by atoms with Crippen LogP contribution in [0.2, 0.25) is 0 Å². The van der Waals surface area contributed by atoms with E-state index in [9.17, 15) is 14.4 Å². The van der Waals surface area contributed by atoms with E-state index in [-0.39, 0.29) is 43.2 Å². The first-order valence-corrected chi connectivity index (χ1v) is 12.6. The van der Waals surface area contributed by atoms with Crippen LogP contribution in [-0.4, -0.2) is 53.7 Å². The molecule has 2 N–H and O–H groups in total. The summed E-state index contributed by atoms with van der Waals surface area (Å²) in [5.41, 5.74) is 4.68. The van der Waals surface area contributed by atoms with Gasteiger partial charge in [0, 0.05) is 37.9 Å². The van der Waals surface area contributed by atoms with E-state index >= 15 is 0 Å². The molecule has 0 radical (unpaired) electrons. The average Bonchev–Trinajstić information content (AvgIpc) is 3.16. The molecule has 0 bridgehead atoms. The van der Waals surface area contributed by atoms with E-state index in [0.717, 1.165) is 17.5 Å². The smallest absolute Gasteiger partial charge is 0.407 e. The Balaban J connectivity index is 1.30. The summed E-state index contributed by atoms with van der Waals surface area (Å²) in [7, 11) is 0. The first-order valence-electron chi connectivity index (χ1n) is 12.6. The maximum Gasteiger partial charge on any atom is 0.407 e. The highest BCUT2D eigenvalue weighted by molar-refractivity contribution is 5.80. The Hall–Kier alpha value is -3.35. The van der Waals surface area contributed by atoms with Crippen LogP contribution in [0.3, 0.4) is 0 Å². The summed E-state index contributed by atoms with van der Waals surface area (Å²) < 4.78 is 5.66. The molecule has 186 valence electrons. The van der Waals surface area contributed by atoms with Crippen LogP contribution in [-0.2, 0) is 14.3 Å². The first kappa shape index (κ1) is 24.8. The van der Waals surface area contributed by atoms with Crippen molar-refractivity contribution in [3.63, 3.8) is 0 Å². The van der Waals surface area contributed by atoms with Gasteiger partial charge in [-0.25, -0.2) is 4.79 Å². The monoisotopic (exact) mass is 478 g/mol. The van der Waals surface area contributed by atoms with Crippen LogP contribution in [0, 0.1) is 5.92 Å². The molecular formula is C28H34N2O5. The molecule has 7 heteroatoms. The fourth-order valence-electron chi connectivity index (χ4n) is 5.35. The van der Waals surface area contributed by atoms with Crippen LogP contribution in [0.25, 0.3) is 11.1 Å². The molecule has 4 rings (SSSR count). The van der Waals surface area contributed by atoms with Crippen LogP contribution >= 0.6 is 0 Å². The summed E-state index contributed by atoms with van der Waals surface area (Å²) in [4.78, 5) is 38.3. The summed E-state index contributed by atoms with van der Waals surface area (Å²) in [6.07, 6.45) is 2.81. The van der Waals surface area contributed by atoms with Gasteiger partial charge in [-0.1, -0.05) is 61.9 Å². The van der Waals surface area contributed by atoms with Gasteiger partial charge in [-0.2, -0.15) is 0 Å². The van der Waals surface area contributed by atoms with Crippen LogP contribution in [0.15, 0.2) is 48.5 Å². The Morgan fingerprint density at radius 3 is 2.20 bits per heavy atom. The number of alkyl carbamates (subject to hydrolysis) is 1. The van der Waals surface area contributed by atoms with Gasteiger partial charge in [0.1, 0.15) is 6.61 Å². The van der Waals surface area contributed by atoms with Crippen molar-refractivity contribution in [2.75, 3.05) is 19.7 Å². The molecule has 2 aromatic rings. The van der Waals surface area contributed by atoms with E-state index in [1.807, 2.05) is 31.2 Å². The van der Waals surface area contributed by atoms with Crippen molar-refractivity contribution in [3.8, 4) is 11.1 Å². The number of nitrogens with zero attached hydrogens (tertiary/aromatic N) is 1. The number of fused-ring (bicyclic) bond motifs is 3. The largest absolute Gasteiger partial charge is 0.481 e. The van der Waals surface area contributed by atoms with Crippen LogP contribution in [0.1, 0.15) is 62.5 Å². The molecule has 1 fully saturated rings. The molecular weight excluding hydrogens is 444 g/mol. The minimum Gasteiger partial charge on any atom is -0.481 e. The molecule has 35 heavy (non-hydrogen) atoms. The second kappa shape index (κ2) is 11.4. The fourth-order valence-corrected chi connectivity index (χ4v) is 5.35. The Morgan fingerprint density at radius 2 is 1.63 bits per heavy atom. The normalized spacial score (nSPS) is 16.3. The summed E-state index contributed by atoms with van der Waals surface area (Å²) in [5, 5.41) is 11.9. The molecule has 7 nitrogen and oxygen atoms in total. The van der Waals surface area contributed by atoms with Crippen LogP contribution in [0.5, 0.6) is 0 Å². The number of hydrogen-bond acceptors (Lipinski definition) is 4. The number of aliphatic carboxylic acids is 1. The van der Waals surface area contributed by atoms with Crippen molar-refractivity contribution < 1.29 is 24.2 Å². The molecule has 0 aromatic heterocycles. The Bertz CT molecular complexity index is 1020. The van der Waals surface area contributed by atoms with Gasteiger partial charge in [-0.3, -0.25) is 9.59 Å². The molecule has 2 aromatic carbocycles. The fraction of sp³-hybridized carbons (Fsp3) is 0.464. The zero-order chi connectivity index (χ0) is 24.8. The van der Waals surface area contributed by atoms with Crippen molar-refractivity contribution in [2.24, 2.45) is 5.92 Å². The van der Waals surface area contributed by atoms with Gasteiger partial charge in [-0.15, -0.1) is 0 Å². The zero-order valence-corrected chi connectivity index (χ0v) is 20.2. The lowest BCUT2D eigenvalue weighted by molar-refractivity contribution is -0.138. The maximum absolute atomic E-state index is 12.9. The third-order valence-corrected chi connectivity index (χ3v) is 7.15. The van der Waals surface area contributed by atoms with Gasteiger partial charge < -0.3 is 20.1 Å². The number of nitrogens with one attached hydrogen (secondary N) is 1. The Kier molecular flexibility index (Phi) is 8.06. The minimum atomic E-state index is -0.787. The number of carbonyl (C=O) groups excluding carboxylic acids is 2. The molecule has 2 amide bonds. The third-order valence-electron chi connectivity index (χ3n) is 7.15. The zero-order valence-electron chi connectivity index (χ0n) is 20.2. The number of likely N-dealkylation sites (tertiary alicyclic amines) is 1. The van der Waals surface area contributed by atoms with E-state index in [2.05, 4.69) is 29.6 Å². The number of rotatable bonds is 9. The number of carbonyl (C=O) groups is 3. The highest BCUT2D eigenvalue weighted by Gasteiger charge is 2.30. The summed E-state index contributed by atoms with van der Waals surface area (Å²) in [6.45, 7) is 3.40. The molecule has 1 unspecified atom stereocenters. The van der Waals surface area contributed by atoms with E-state index in [1.54, 1.807) is 4.90 Å². The van der Waals surface area contributed by atoms with Gasteiger partial charge in [0.25, 0.3) is 0 Å². The van der Waals surface area contributed by atoms with Crippen molar-refractivity contribution in [1.29, 1.82) is 0 Å². The lowest BCUT2D eigenvalue weighted by Gasteiger charge is -2.32. The topological polar surface area (TPSA) is 95.9 Å². The molecule has 0 saturated carbocycles. The number of carboxylic acids is 1. The molecule has 2 aliphatic rings. The predicted molar refractivity (Wildman–Crippen MR) is 133 cm³/mol. The van der Waals surface area contributed by atoms with Gasteiger partial charge in [-0.05, 0) is 47.4 Å². The Labute approximate surface area is 206 Å². The minimum absolute atomic E-state index is 0.00354. The second-order valence-corrected chi connectivity index (χ2v) is 9.58. The second-order valence-electron chi connectivity index (χ2n) is 9.58. The number of amides is 2. The molecule has 1 aliphatic heterocycles. The van der Waals surface area contributed by atoms with Gasteiger partial charge >= 0.3 is 12.1 Å². The average molecular weight is 479 g/mol. The quantitative estimate of drug-likeness (QED) is 0.540. The summed E-state index contributed by atoms with van der Waals surface area (Å²) >= 11 is 0. The number of ether oxygens (including phenoxy) is 1. The standard InChI is InChI=1S/C28H34N2O5/c1-2-7-20(17-26(31)30-14-12-19(13-15-30)16-27(32)33)29-28(34)35-18-25-23-10-5-3-8-21(23)22-9-4-6-11-24(22)25/h3-6,8-11,19-20,25H,2,7,12-18H2,1H3,(H,29,34)(H,32,33). The highest BCUT2D eigenvalue weighted by Crippen LogP contribution is 2.44. The van der Waals surface area contributed by atoms with Crippen molar-refractivity contribution in [2.45, 2.75) is 57.4 Å². The predicted octanol–water partition coefficient (Wildman–Crippen LogP) is 4.80. The number of piperidine rings is 1. The van der Waals surface area contributed by atoms with Crippen molar-refractivity contribution in [3.05, 3.63) is 59.7 Å². The number of benzene rings is 2. The number of hydrogen-bond donors (Lipinski definition) is 2. The van der Waals surface area contributed by atoms with Crippen LogP contribution < -0.4 is 5.32 Å². The molecule has 1 atom stereocenters. The maximum atomic E-state index is 12.9. The van der Waals surface area contributed by atoms with Crippen molar-refractivity contribution in [1.82, 2.24) is 10.2 Å². The summed E-state index contributed by atoms with van der Waals surface area (Å²) in [6, 6.07) is 16.1. The number of carboxylic acid groups (broad SMARTS) is 1.